The third kappa shape index (κ3) is 3.96. The van der Waals surface area contributed by atoms with Gasteiger partial charge in [-0.15, -0.1) is 0 Å². The molecular weight excluding hydrogens is 268 g/mol. The van der Waals surface area contributed by atoms with Gasteiger partial charge in [-0.1, -0.05) is 6.07 Å². The molecule has 1 heterocycles. The molecule has 0 spiro atoms. The number of aryl methyl sites for hydroxylation is 1. The Morgan fingerprint density at radius 3 is 2.48 bits per heavy atom. The molecule has 0 aliphatic heterocycles. The maximum absolute atomic E-state index is 5.67. The van der Waals surface area contributed by atoms with E-state index in [1.54, 1.807) is 18.9 Å². The zero-order chi connectivity index (χ0) is 15.2. The number of nitrogens with one attached hydrogen (secondary N) is 1. The summed E-state index contributed by atoms with van der Waals surface area (Å²) in [7, 11) is 5.17. The molecule has 0 aliphatic carbocycles. The van der Waals surface area contributed by atoms with Crippen LogP contribution in [0.25, 0.3) is 0 Å². The number of hydrogen-bond acceptors (Lipinski definition) is 5. The van der Waals surface area contributed by atoms with E-state index in [1.165, 1.54) is 0 Å². The molecule has 0 saturated carbocycles. The maximum atomic E-state index is 5.67. The van der Waals surface area contributed by atoms with Gasteiger partial charge in [0.15, 0.2) is 11.5 Å². The molecule has 21 heavy (non-hydrogen) atoms. The Balaban J connectivity index is 2.07. The molecule has 114 valence electrons. The van der Waals surface area contributed by atoms with Gasteiger partial charge in [-0.25, -0.2) is 0 Å². The molecule has 0 bridgehead atoms. The minimum atomic E-state index is 0.132. The zero-order valence-corrected chi connectivity index (χ0v) is 12.7. The van der Waals surface area contributed by atoms with E-state index < -0.39 is 0 Å². The van der Waals surface area contributed by atoms with Crippen molar-refractivity contribution in [3.05, 3.63) is 41.7 Å². The molecule has 3 N–H and O–H groups in total. The topological polar surface area (TPSA) is 74.3 Å². The molecule has 1 aromatic heterocycles. The molecule has 2 rings (SSSR count). The van der Waals surface area contributed by atoms with Crippen molar-refractivity contribution in [1.82, 2.24) is 15.2 Å². The molecule has 2 aromatic rings. The second-order valence-electron chi connectivity index (χ2n) is 4.98. The first-order chi connectivity index (χ1) is 10.2. The van der Waals surface area contributed by atoms with Crippen molar-refractivity contribution in [3.63, 3.8) is 0 Å². The van der Waals surface area contributed by atoms with Crippen molar-refractivity contribution < 1.29 is 9.47 Å². The summed E-state index contributed by atoms with van der Waals surface area (Å²) in [5, 5.41) is 4.17. The standard InChI is InChI=1S/C15H22N4O2/c1-19-10-12(9-17-19)7-13(18-16)6-11-4-5-14(20-2)15(8-11)21-3/h4-5,8-10,13,18H,6-7,16H2,1-3H3. The fourth-order valence-corrected chi connectivity index (χ4v) is 2.34. The smallest absolute Gasteiger partial charge is 0.160 e. The molecule has 0 amide bonds. The van der Waals surface area contributed by atoms with Crippen LogP contribution in [0.5, 0.6) is 11.5 Å². The summed E-state index contributed by atoms with van der Waals surface area (Å²) in [6.07, 6.45) is 5.47. The van der Waals surface area contributed by atoms with E-state index in [-0.39, 0.29) is 6.04 Å². The first-order valence-corrected chi connectivity index (χ1v) is 6.80. The van der Waals surface area contributed by atoms with Crippen LogP contribution in [0.3, 0.4) is 0 Å². The van der Waals surface area contributed by atoms with Gasteiger partial charge in [0, 0.05) is 19.3 Å². The number of benzene rings is 1. The lowest BCUT2D eigenvalue weighted by Gasteiger charge is -2.16. The normalized spacial score (nSPS) is 12.2. The van der Waals surface area contributed by atoms with Gasteiger partial charge in [-0.2, -0.15) is 5.10 Å². The average Bonchev–Trinajstić information content (AvgIpc) is 2.91. The molecule has 1 atom stereocenters. The zero-order valence-electron chi connectivity index (χ0n) is 12.7. The predicted octanol–water partition coefficient (Wildman–Crippen LogP) is 1.05. The summed E-state index contributed by atoms with van der Waals surface area (Å²) in [4.78, 5) is 0. The molecule has 1 aromatic carbocycles. The first-order valence-electron chi connectivity index (χ1n) is 6.80. The second-order valence-corrected chi connectivity index (χ2v) is 4.98. The molecule has 1 unspecified atom stereocenters. The molecule has 6 heteroatoms. The highest BCUT2D eigenvalue weighted by molar-refractivity contribution is 5.43. The Labute approximate surface area is 124 Å². The van der Waals surface area contributed by atoms with Crippen LogP contribution in [-0.4, -0.2) is 30.0 Å². The lowest BCUT2D eigenvalue weighted by molar-refractivity contribution is 0.354. The first kappa shape index (κ1) is 15.3. The van der Waals surface area contributed by atoms with E-state index >= 15 is 0 Å². The van der Waals surface area contributed by atoms with Crippen LogP contribution in [0.2, 0.25) is 0 Å². The highest BCUT2D eigenvalue weighted by Gasteiger charge is 2.12. The number of hydrazine groups is 1. The summed E-state index contributed by atoms with van der Waals surface area (Å²) in [6.45, 7) is 0. The van der Waals surface area contributed by atoms with Gasteiger partial charge in [-0.3, -0.25) is 16.0 Å². The van der Waals surface area contributed by atoms with Crippen LogP contribution < -0.4 is 20.7 Å². The lowest BCUT2D eigenvalue weighted by atomic mass is 10.0. The van der Waals surface area contributed by atoms with Crippen molar-refractivity contribution in [2.45, 2.75) is 18.9 Å². The van der Waals surface area contributed by atoms with Gasteiger partial charge in [0.05, 0.1) is 20.4 Å². The third-order valence-corrected chi connectivity index (χ3v) is 3.41. The van der Waals surface area contributed by atoms with Crippen molar-refractivity contribution in [3.8, 4) is 11.5 Å². The number of nitrogens with two attached hydrogens (primary N) is 1. The second kappa shape index (κ2) is 7.10. The van der Waals surface area contributed by atoms with Gasteiger partial charge in [0.1, 0.15) is 0 Å². The van der Waals surface area contributed by atoms with Crippen LogP contribution in [0.1, 0.15) is 11.1 Å². The van der Waals surface area contributed by atoms with Crippen molar-refractivity contribution in [1.29, 1.82) is 0 Å². The Hall–Kier alpha value is -2.05. The van der Waals surface area contributed by atoms with Gasteiger partial charge in [0.25, 0.3) is 0 Å². The van der Waals surface area contributed by atoms with Crippen molar-refractivity contribution in [2.24, 2.45) is 12.9 Å². The van der Waals surface area contributed by atoms with E-state index in [2.05, 4.69) is 10.5 Å². The quantitative estimate of drug-likeness (QED) is 0.589. The Morgan fingerprint density at radius 1 is 1.19 bits per heavy atom. The number of aromatic nitrogens is 2. The maximum Gasteiger partial charge on any atom is 0.160 e. The summed E-state index contributed by atoms with van der Waals surface area (Å²) in [6, 6.07) is 6.04. The van der Waals surface area contributed by atoms with E-state index in [0.29, 0.717) is 0 Å². The molecule has 6 nitrogen and oxygen atoms in total. The third-order valence-electron chi connectivity index (χ3n) is 3.41. The van der Waals surface area contributed by atoms with Crippen molar-refractivity contribution in [2.75, 3.05) is 14.2 Å². The summed E-state index contributed by atoms with van der Waals surface area (Å²) >= 11 is 0. The largest absolute Gasteiger partial charge is 0.493 e. The highest BCUT2D eigenvalue weighted by atomic mass is 16.5. The van der Waals surface area contributed by atoms with Crippen LogP contribution in [0, 0.1) is 0 Å². The van der Waals surface area contributed by atoms with E-state index in [1.807, 2.05) is 37.6 Å². The number of methoxy groups -OCH3 is 2. The number of hydrogen-bond donors (Lipinski definition) is 2. The van der Waals surface area contributed by atoms with Crippen molar-refractivity contribution >= 4 is 0 Å². The van der Waals surface area contributed by atoms with Crippen LogP contribution in [0.4, 0.5) is 0 Å². The van der Waals surface area contributed by atoms with Gasteiger partial charge in [-0.05, 0) is 36.1 Å². The molecular formula is C15H22N4O2. The fourth-order valence-electron chi connectivity index (χ4n) is 2.34. The van der Waals surface area contributed by atoms with Gasteiger partial charge < -0.3 is 9.47 Å². The minimum absolute atomic E-state index is 0.132. The molecule has 0 fully saturated rings. The molecule has 0 saturated heterocycles. The van der Waals surface area contributed by atoms with E-state index in [9.17, 15) is 0 Å². The van der Waals surface area contributed by atoms with Gasteiger partial charge >= 0.3 is 0 Å². The SMILES string of the molecule is COc1ccc(CC(Cc2cnn(C)c2)NN)cc1OC. The molecule has 0 aliphatic rings. The minimum Gasteiger partial charge on any atom is -0.493 e. The average molecular weight is 290 g/mol. The summed E-state index contributed by atoms with van der Waals surface area (Å²) in [5.74, 6) is 7.13. The number of rotatable bonds is 7. The van der Waals surface area contributed by atoms with Crippen LogP contribution in [-0.2, 0) is 19.9 Å². The Kier molecular flexibility index (Phi) is 5.19. The van der Waals surface area contributed by atoms with E-state index in [4.69, 9.17) is 15.3 Å². The Bertz CT molecular complexity index is 583. The number of ether oxygens (including phenoxy) is 2. The highest BCUT2D eigenvalue weighted by Crippen LogP contribution is 2.28. The summed E-state index contributed by atoms with van der Waals surface area (Å²) in [5.41, 5.74) is 5.16. The van der Waals surface area contributed by atoms with Gasteiger partial charge in [0.2, 0.25) is 0 Å². The van der Waals surface area contributed by atoms with Crippen LogP contribution >= 0.6 is 0 Å². The fraction of sp³-hybridized carbons (Fsp3) is 0.400. The summed E-state index contributed by atoms with van der Waals surface area (Å²) < 4.78 is 12.4. The molecule has 0 radical (unpaired) electrons. The number of nitrogens with zero attached hydrogens (tertiary/aromatic N) is 2. The predicted molar refractivity (Wildman–Crippen MR) is 81.3 cm³/mol. The van der Waals surface area contributed by atoms with Crippen LogP contribution in [0.15, 0.2) is 30.6 Å². The lowest BCUT2D eigenvalue weighted by Crippen LogP contribution is -2.38. The monoisotopic (exact) mass is 290 g/mol. The van der Waals surface area contributed by atoms with E-state index in [0.717, 1.165) is 35.5 Å². The Morgan fingerprint density at radius 2 is 1.90 bits per heavy atom.